The highest BCUT2D eigenvalue weighted by Gasteiger charge is 2.07. The lowest BCUT2D eigenvalue weighted by Gasteiger charge is -2.07. The molecule has 0 saturated carbocycles. The Hall–Kier alpha value is -2.14. The van der Waals surface area contributed by atoms with Crippen LogP contribution in [0.4, 0.5) is 0 Å². The first-order chi connectivity index (χ1) is 9.70. The minimum absolute atomic E-state index is 0.452. The van der Waals surface area contributed by atoms with Gasteiger partial charge in [-0.3, -0.25) is 4.57 Å². The van der Waals surface area contributed by atoms with Gasteiger partial charge in [-0.05, 0) is 42.0 Å². The van der Waals surface area contributed by atoms with E-state index in [9.17, 15) is 0 Å². The number of benzene rings is 1. The van der Waals surface area contributed by atoms with E-state index in [-0.39, 0.29) is 0 Å². The van der Waals surface area contributed by atoms with Crippen molar-refractivity contribution in [2.24, 2.45) is 0 Å². The molecule has 3 aromatic rings. The largest absolute Gasteiger partial charge is 0.329 e. The predicted molar refractivity (Wildman–Crippen MR) is 85.8 cm³/mol. The van der Waals surface area contributed by atoms with E-state index in [1.807, 2.05) is 41.0 Å². The summed E-state index contributed by atoms with van der Waals surface area (Å²) in [6.07, 6.45) is 2.21. The number of nitrogens with one attached hydrogen (secondary N) is 1. The Kier molecular flexibility index (Phi) is 3.28. The smallest absolute Gasteiger partial charge is 0.183 e. The first-order valence-corrected chi connectivity index (χ1v) is 6.66. The second-order valence-corrected chi connectivity index (χ2v) is 4.88. The van der Waals surface area contributed by atoms with E-state index < -0.39 is 0 Å². The van der Waals surface area contributed by atoms with Crippen molar-refractivity contribution in [3.8, 4) is 5.69 Å². The summed E-state index contributed by atoms with van der Waals surface area (Å²) < 4.78 is 2.55. The zero-order valence-electron chi connectivity index (χ0n) is 10.8. The molecule has 20 heavy (non-hydrogen) atoms. The van der Waals surface area contributed by atoms with Crippen molar-refractivity contribution in [1.29, 1.82) is 0 Å². The molecule has 96 valence electrons. The van der Waals surface area contributed by atoms with Gasteiger partial charge in [0.2, 0.25) is 0 Å². The number of fused-ring (bicyclic) bond motifs is 1. The van der Waals surface area contributed by atoms with Gasteiger partial charge in [0, 0.05) is 11.9 Å². The molecule has 0 aliphatic carbocycles. The maximum atomic E-state index is 5.60. The molecule has 0 aliphatic rings. The normalized spacial score (nSPS) is 10.8. The SMILES string of the molecule is [B]CC(=C)c1ccc(-n2c(=S)[nH]c3cccnc32)cc1. The van der Waals surface area contributed by atoms with Crippen molar-refractivity contribution in [3.05, 3.63) is 59.5 Å². The zero-order valence-corrected chi connectivity index (χ0v) is 11.7. The molecule has 0 aliphatic heterocycles. The number of allylic oxidation sites excluding steroid dienone is 1. The Labute approximate surface area is 123 Å². The van der Waals surface area contributed by atoms with Gasteiger partial charge in [0.15, 0.2) is 10.4 Å². The molecule has 3 rings (SSSR count). The molecule has 1 aromatic carbocycles. The lowest BCUT2D eigenvalue weighted by Crippen LogP contribution is -1.95. The lowest BCUT2D eigenvalue weighted by atomic mass is 9.93. The summed E-state index contributed by atoms with van der Waals surface area (Å²) in [7, 11) is 5.60. The van der Waals surface area contributed by atoms with E-state index >= 15 is 0 Å². The number of hydrogen-bond donors (Lipinski definition) is 1. The van der Waals surface area contributed by atoms with Crippen LogP contribution < -0.4 is 0 Å². The molecule has 0 fully saturated rings. The molecule has 0 unspecified atom stereocenters. The number of H-pyrrole nitrogens is 1. The van der Waals surface area contributed by atoms with E-state index in [2.05, 4.69) is 16.5 Å². The van der Waals surface area contributed by atoms with Crippen molar-refractivity contribution in [1.82, 2.24) is 14.5 Å². The Bertz CT molecular complexity index is 830. The molecule has 3 nitrogen and oxygen atoms in total. The van der Waals surface area contributed by atoms with Crippen molar-refractivity contribution < 1.29 is 0 Å². The number of aromatic amines is 1. The van der Waals surface area contributed by atoms with Gasteiger partial charge in [-0.15, -0.1) is 0 Å². The maximum Gasteiger partial charge on any atom is 0.183 e. The summed E-state index contributed by atoms with van der Waals surface area (Å²) in [5.74, 6) is 0. The third-order valence-corrected chi connectivity index (χ3v) is 3.51. The zero-order chi connectivity index (χ0) is 14.1. The Morgan fingerprint density at radius 2 is 2.05 bits per heavy atom. The molecule has 2 aromatic heterocycles. The van der Waals surface area contributed by atoms with Gasteiger partial charge in [-0.2, -0.15) is 0 Å². The fourth-order valence-corrected chi connectivity index (χ4v) is 2.45. The Balaban J connectivity index is 2.14. The summed E-state index contributed by atoms with van der Waals surface area (Å²) in [5.41, 5.74) is 4.66. The highest BCUT2D eigenvalue weighted by atomic mass is 32.1. The number of hydrogen-bond acceptors (Lipinski definition) is 2. The molecule has 0 atom stereocenters. The number of aromatic nitrogens is 3. The van der Waals surface area contributed by atoms with Crippen molar-refractivity contribution in [3.63, 3.8) is 0 Å². The highest BCUT2D eigenvalue weighted by Crippen LogP contribution is 2.21. The van der Waals surface area contributed by atoms with Crippen LogP contribution in [0.15, 0.2) is 49.2 Å². The summed E-state index contributed by atoms with van der Waals surface area (Å²) in [6.45, 7) is 3.93. The summed E-state index contributed by atoms with van der Waals surface area (Å²) in [6, 6.07) is 11.8. The Morgan fingerprint density at radius 3 is 2.75 bits per heavy atom. The number of rotatable bonds is 3. The fraction of sp³-hybridized carbons (Fsp3) is 0.0667. The van der Waals surface area contributed by atoms with Gasteiger partial charge >= 0.3 is 0 Å². The van der Waals surface area contributed by atoms with Crippen molar-refractivity contribution in [2.75, 3.05) is 0 Å². The van der Waals surface area contributed by atoms with Gasteiger partial charge < -0.3 is 4.98 Å². The summed E-state index contributed by atoms with van der Waals surface area (Å²) >= 11 is 5.37. The average Bonchev–Trinajstić information content (AvgIpc) is 2.82. The predicted octanol–water partition coefficient (Wildman–Crippen LogP) is 3.68. The second-order valence-electron chi connectivity index (χ2n) is 4.49. The van der Waals surface area contributed by atoms with Crippen LogP contribution in [0.3, 0.4) is 0 Å². The molecule has 0 saturated heterocycles. The summed E-state index contributed by atoms with van der Waals surface area (Å²) in [5, 5.41) is 0. The first-order valence-electron chi connectivity index (χ1n) is 6.25. The van der Waals surface area contributed by atoms with E-state index in [0.29, 0.717) is 11.1 Å². The molecule has 2 radical (unpaired) electrons. The minimum Gasteiger partial charge on any atom is -0.329 e. The van der Waals surface area contributed by atoms with Gasteiger partial charge in [0.1, 0.15) is 0 Å². The molecule has 0 bridgehead atoms. The average molecular weight is 277 g/mol. The van der Waals surface area contributed by atoms with Crippen LogP contribution in [0, 0.1) is 4.77 Å². The van der Waals surface area contributed by atoms with Gasteiger partial charge in [0.25, 0.3) is 0 Å². The molecule has 1 N–H and O–H groups in total. The van der Waals surface area contributed by atoms with Gasteiger partial charge in [-0.25, -0.2) is 4.98 Å². The van der Waals surface area contributed by atoms with Crippen LogP contribution in [0.1, 0.15) is 5.56 Å². The third-order valence-electron chi connectivity index (χ3n) is 3.22. The van der Waals surface area contributed by atoms with Crippen LogP contribution in [-0.4, -0.2) is 22.4 Å². The first kappa shape index (κ1) is 12.9. The lowest BCUT2D eigenvalue weighted by molar-refractivity contribution is 1.04. The second kappa shape index (κ2) is 5.09. The van der Waals surface area contributed by atoms with E-state index in [4.69, 9.17) is 20.1 Å². The molecular weight excluding hydrogens is 265 g/mol. The van der Waals surface area contributed by atoms with Crippen molar-refractivity contribution in [2.45, 2.75) is 6.32 Å². The van der Waals surface area contributed by atoms with E-state index in [0.717, 1.165) is 28.0 Å². The van der Waals surface area contributed by atoms with Crippen LogP contribution in [0.2, 0.25) is 6.32 Å². The van der Waals surface area contributed by atoms with Crippen LogP contribution >= 0.6 is 12.2 Å². The van der Waals surface area contributed by atoms with Crippen molar-refractivity contribution >= 4 is 36.8 Å². The fourth-order valence-electron chi connectivity index (χ4n) is 2.14. The van der Waals surface area contributed by atoms with Crippen LogP contribution in [0.5, 0.6) is 0 Å². The highest BCUT2D eigenvalue weighted by molar-refractivity contribution is 7.71. The standard InChI is InChI=1S/C15H12BN3S/c1-10(9-16)11-4-6-12(7-5-11)19-14-13(18-15(19)20)3-2-8-17-14/h2-8H,1,9H2,(H,18,20). The Morgan fingerprint density at radius 1 is 1.30 bits per heavy atom. The number of imidazole rings is 1. The van der Waals surface area contributed by atoms with E-state index in [1.165, 1.54) is 0 Å². The quantitative estimate of drug-likeness (QED) is 0.585. The monoisotopic (exact) mass is 277 g/mol. The maximum absolute atomic E-state index is 5.60. The van der Waals surface area contributed by atoms with Crippen LogP contribution in [-0.2, 0) is 0 Å². The van der Waals surface area contributed by atoms with Gasteiger partial charge in [0.05, 0.1) is 13.4 Å². The van der Waals surface area contributed by atoms with Crippen LogP contribution in [0.25, 0.3) is 22.4 Å². The molecule has 2 heterocycles. The third kappa shape index (κ3) is 2.10. The number of pyridine rings is 1. The van der Waals surface area contributed by atoms with E-state index in [1.54, 1.807) is 6.20 Å². The molecular formula is C15H12BN3S. The number of nitrogens with zero attached hydrogens (tertiary/aromatic N) is 2. The molecule has 0 amide bonds. The minimum atomic E-state index is 0.452. The molecule has 0 spiro atoms. The van der Waals surface area contributed by atoms with Gasteiger partial charge in [-0.1, -0.05) is 30.6 Å². The molecule has 5 heteroatoms. The topological polar surface area (TPSA) is 33.6 Å². The summed E-state index contributed by atoms with van der Waals surface area (Å²) in [4.78, 5) is 7.53.